The van der Waals surface area contributed by atoms with Crippen LogP contribution < -0.4 is 11.3 Å². The Kier molecular flexibility index (Phi) is 4.58. The van der Waals surface area contributed by atoms with Gasteiger partial charge in [0.05, 0.1) is 16.8 Å². The number of ether oxygens (including phenoxy) is 1. The quantitative estimate of drug-likeness (QED) is 0.506. The van der Waals surface area contributed by atoms with Gasteiger partial charge in [0.2, 0.25) is 0 Å². The van der Waals surface area contributed by atoms with Gasteiger partial charge in [-0.05, 0) is 28.1 Å². The van der Waals surface area contributed by atoms with Gasteiger partial charge in [0.1, 0.15) is 5.82 Å². The Hall–Kier alpha value is -1.64. The molecule has 5 nitrogen and oxygen atoms in total. The predicted octanol–water partition coefficient (Wildman–Crippen LogP) is 2.62. The fraction of sp³-hybridized carbons (Fsp3) is 0.167. The minimum atomic E-state index is -0.995. The molecule has 2 aromatic rings. The van der Waals surface area contributed by atoms with Gasteiger partial charge in [-0.2, -0.15) is 0 Å². The van der Waals surface area contributed by atoms with Gasteiger partial charge >= 0.3 is 0 Å². The maximum atomic E-state index is 13.6. The Morgan fingerprint density at radius 3 is 2.75 bits per heavy atom. The van der Waals surface area contributed by atoms with Gasteiger partial charge in [0.25, 0.3) is 0 Å². The first kappa shape index (κ1) is 14.8. The number of nitrogens with one attached hydrogen (secondary N) is 1. The lowest BCUT2D eigenvalue weighted by Gasteiger charge is -2.09. The third-order valence-corrected chi connectivity index (χ3v) is 3.27. The van der Waals surface area contributed by atoms with E-state index in [4.69, 9.17) is 10.6 Å². The monoisotopic (exact) mass is 344 g/mol. The van der Waals surface area contributed by atoms with E-state index in [1.165, 1.54) is 13.2 Å². The number of hydrogen-bond donors (Lipinski definition) is 2. The van der Waals surface area contributed by atoms with E-state index < -0.39 is 11.6 Å². The number of hydrogen-bond acceptors (Lipinski definition) is 5. The van der Waals surface area contributed by atoms with Crippen LogP contribution in [0.2, 0.25) is 0 Å². The number of benzene rings is 1. The van der Waals surface area contributed by atoms with Crippen molar-refractivity contribution in [2.75, 3.05) is 12.5 Å². The molecule has 0 spiro atoms. The second-order valence-electron chi connectivity index (χ2n) is 3.87. The van der Waals surface area contributed by atoms with E-state index >= 15 is 0 Å². The van der Waals surface area contributed by atoms with Crippen LogP contribution in [-0.4, -0.2) is 17.1 Å². The summed E-state index contributed by atoms with van der Waals surface area (Å²) in [5, 5.41) is 0. The normalized spacial score (nSPS) is 10.7. The van der Waals surface area contributed by atoms with Crippen LogP contribution in [0.5, 0.6) is 0 Å². The molecule has 0 fully saturated rings. The summed E-state index contributed by atoms with van der Waals surface area (Å²) < 4.78 is 31.6. The Morgan fingerprint density at radius 2 is 2.10 bits per heavy atom. The van der Waals surface area contributed by atoms with Crippen LogP contribution in [0.15, 0.2) is 22.7 Å². The molecule has 0 amide bonds. The fourth-order valence-electron chi connectivity index (χ4n) is 1.61. The fourth-order valence-corrected chi connectivity index (χ4v) is 2.11. The van der Waals surface area contributed by atoms with Gasteiger partial charge < -0.3 is 10.2 Å². The second-order valence-corrected chi connectivity index (χ2v) is 4.66. The average Bonchev–Trinajstić information content (AvgIpc) is 2.45. The largest absolute Gasteiger partial charge is 0.378 e. The summed E-state index contributed by atoms with van der Waals surface area (Å²) in [7, 11) is 1.52. The number of nitrogen functional groups attached to an aromatic ring is 1. The molecule has 0 aliphatic heterocycles. The van der Waals surface area contributed by atoms with Crippen LogP contribution in [0.3, 0.4) is 0 Å². The minimum Gasteiger partial charge on any atom is -0.378 e. The Labute approximate surface area is 122 Å². The first-order valence-electron chi connectivity index (χ1n) is 5.54. The molecule has 1 aromatic heterocycles. The molecule has 0 aliphatic rings. The molecule has 2 rings (SSSR count). The van der Waals surface area contributed by atoms with Crippen LogP contribution in [0, 0.1) is 11.6 Å². The highest BCUT2D eigenvalue weighted by Crippen LogP contribution is 2.30. The number of hydrazine groups is 1. The molecular weight excluding hydrogens is 334 g/mol. The number of halogens is 3. The highest BCUT2D eigenvalue weighted by Gasteiger charge is 2.15. The van der Waals surface area contributed by atoms with E-state index in [9.17, 15) is 8.78 Å². The van der Waals surface area contributed by atoms with Gasteiger partial charge in [-0.1, -0.05) is 0 Å². The zero-order valence-electron chi connectivity index (χ0n) is 10.5. The summed E-state index contributed by atoms with van der Waals surface area (Å²) in [6.07, 6.45) is 0. The highest BCUT2D eigenvalue weighted by molar-refractivity contribution is 9.10. The van der Waals surface area contributed by atoms with Gasteiger partial charge in [-0.3, -0.25) is 0 Å². The molecule has 1 heterocycles. The maximum Gasteiger partial charge on any atom is 0.173 e. The molecule has 20 heavy (non-hydrogen) atoms. The van der Waals surface area contributed by atoms with Crippen molar-refractivity contribution >= 4 is 21.7 Å². The van der Waals surface area contributed by atoms with E-state index in [0.717, 1.165) is 6.07 Å². The molecular formula is C12H11BrF2N4O. The summed E-state index contributed by atoms with van der Waals surface area (Å²) in [5.41, 5.74) is 3.27. The van der Waals surface area contributed by atoms with Gasteiger partial charge in [-0.15, -0.1) is 0 Å². The minimum absolute atomic E-state index is 0.0463. The van der Waals surface area contributed by atoms with Gasteiger partial charge in [0, 0.05) is 18.7 Å². The SMILES string of the molecule is COCc1cc(NN)nc(-c2ccc(F)c(F)c2Br)n1. The number of rotatable bonds is 4. The van der Waals surface area contributed by atoms with Crippen LogP contribution in [-0.2, 0) is 11.3 Å². The summed E-state index contributed by atoms with van der Waals surface area (Å²) in [5.74, 6) is 3.93. The molecule has 0 radical (unpaired) electrons. The summed E-state index contributed by atoms with van der Waals surface area (Å²) in [6, 6.07) is 3.99. The lowest BCUT2D eigenvalue weighted by Crippen LogP contribution is -2.11. The molecule has 3 N–H and O–H groups in total. The van der Waals surface area contributed by atoms with Crippen LogP contribution in [0.1, 0.15) is 5.69 Å². The molecule has 0 saturated carbocycles. The molecule has 0 saturated heterocycles. The van der Waals surface area contributed by atoms with E-state index in [-0.39, 0.29) is 16.9 Å². The zero-order chi connectivity index (χ0) is 14.7. The third-order valence-electron chi connectivity index (χ3n) is 2.50. The standard InChI is InChI=1S/C12H11BrF2N4O/c1-20-5-6-4-9(19-16)18-12(17-6)7-2-3-8(14)11(15)10(7)13/h2-4H,5,16H2,1H3,(H,17,18,19). The van der Waals surface area contributed by atoms with Crippen molar-refractivity contribution in [2.45, 2.75) is 6.61 Å². The molecule has 8 heteroatoms. The molecule has 0 aliphatic carbocycles. The Morgan fingerprint density at radius 1 is 1.35 bits per heavy atom. The van der Waals surface area contributed by atoms with E-state index in [0.29, 0.717) is 17.1 Å². The van der Waals surface area contributed by atoms with E-state index in [1.807, 2.05) is 0 Å². The highest BCUT2D eigenvalue weighted by atomic mass is 79.9. The number of nitrogens with zero attached hydrogens (tertiary/aromatic N) is 2. The maximum absolute atomic E-state index is 13.6. The van der Waals surface area contributed by atoms with Crippen molar-refractivity contribution in [1.29, 1.82) is 0 Å². The van der Waals surface area contributed by atoms with Crippen molar-refractivity contribution in [1.82, 2.24) is 9.97 Å². The van der Waals surface area contributed by atoms with Crippen molar-refractivity contribution < 1.29 is 13.5 Å². The van der Waals surface area contributed by atoms with Crippen molar-refractivity contribution in [3.63, 3.8) is 0 Å². The van der Waals surface area contributed by atoms with Gasteiger partial charge in [-0.25, -0.2) is 24.6 Å². The number of nitrogens with two attached hydrogens (primary N) is 1. The number of methoxy groups -OCH3 is 1. The Balaban J connectivity index is 2.57. The lowest BCUT2D eigenvalue weighted by atomic mass is 10.2. The summed E-state index contributed by atoms with van der Waals surface area (Å²) >= 11 is 3.00. The molecule has 106 valence electrons. The number of anilines is 1. The van der Waals surface area contributed by atoms with Crippen molar-refractivity contribution in [3.8, 4) is 11.4 Å². The smallest absolute Gasteiger partial charge is 0.173 e. The third kappa shape index (κ3) is 2.92. The molecule has 1 aromatic carbocycles. The van der Waals surface area contributed by atoms with E-state index in [2.05, 4.69) is 31.3 Å². The Bertz CT molecular complexity index is 639. The topological polar surface area (TPSA) is 73.1 Å². The van der Waals surface area contributed by atoms with Crippen molar-refractivity contribution in [2.24, 2.45) is 5.84 Å². The lowest BCUT2D eigenvalue weighted by molar-refractivity contribution is 0.181. The van der Waals surface area contributed by atoms with Crippen LogP contribution in [0.4, 0.5) is 14.6 Å². The summed E-state index contributed by atoms with van der Waals surface area (Å²) in [6.45, 7) is 0.242. The van der Waals surface area contributed by atoms with Crippen LogP contribution >= 0.6 is 15.9 Å². The second kappa shape index (κ2) is 6.21. The predicted molar refractivity (Wildman–Crippen MR) is 73.6 cm³/mol. The molecule has 0 atom stereocenters. The zero-order valence-corrected chi connectivity index (χ0v) is 12.0. The van der Waals surface area contributed by atoms with Crippen LogP contribution in [0.25, 0.3) is 11.4 Å². The van der Waals surface area contributed by atoms with E-state index in [1.54, 1.807) is 6.07 Å². The first-order valence-corrected chi connectivity index (χ1v) is 6.33. The van der Waals surface area contributed by atoms with Gasteiger partial charge in [0.15, 0.2) is 17.5 Å². The number of aromatic nitrogens is 2. The average molecular weight is 345 g/mol. The van der Waals surface area contributed by atoms with Crippen molar-refractivity contribution in [3.05, 3.63) is 40.0 Å². The molecule has 0 unspecified atom stereocenters. The summed E-state index contributed by atoms with van der Waals surface area (Å²) in [4.78, 5) is 8.34. The first-order chi connectivity index (χ1) is 9.56. The molecule has 0 bridgehead atoms.